The van der Waals surface area contributed by atoms with E-state index < -0.39 is 11.0 Å². The number of hydrogen-bond acceptors (Lipinski definition) is 5. The van der Waals surface area contributed by atoms with Crippen LogP contribution in [0.15, 0.2) is 18.2 Å². The Morgan fingerprint density at radius 1 is 1.53 bits per heavy atom. The average Bonchev–Trinajstić information content (AvgIpc) is 2.38. The number of hydrogen-bond donors (Lipinski definition) is 1. The monoisotopic (exact) mass is 288 g/mol. The average molecular weight is 289 g/mol. The second kappa shape index (κ2) is 6.24. The molecule has 1 aromatic carbocycles. The van der Waals surface area contributed by atoms with Crippen LogP contribution in [0.2, 0.25) is 0 Å². The fourth-order valence-corrected chi connectivity index (χ4v) is 1.84. The van der Waals surface area contributed by atoms with Gasteiger partial charge in [0.2, 0.25) is 0 Å². The molecule has 104 valence electrons. The lowest BCUT2D eigenvalue weighted by Gasteiger charge is -2.23. The van der Waals surface area contributed by atoms with Crippen LogP contribution in [0.5, 0.6) is 5.75 Å². The molecule has 19 heavy (non-hydrogen) atoms. The van der Waals surface area contributed by atoms with Crippen molar-refractivity contribution in [2.24, 2.45) is 0 Å². The number of nitro groups is 1. The van der Waals surface area contributed by atoms with Crippen molar-refractivity contribution < 1.29 is 19.2 Å². The van der Waals surface area contributed by atoms with Crippen LogP contribution in [0, 0.1) is 10.1 Å². The molecule has 1 aliphatic heterocycles. The molecule has 1 heterocycles. The molecule has 0 bridgehead atoms. The Labute approximate surface area is 115 Å². The third-order valence-electron chi connectivity index (χ3n) is 2.73. The highest BCUT2D eigenvalue weighted by atomic mass is 35.5. The number of nitro benzene ring substituents is 1. The van der Waals surface area contributed by atoms with Crippen LogP contribution < -0.4 is 10.1 Å². The van der Waals surface area contributed by atoms with Crippen molar-refractivity contribution in [2.45, 2.75) is 12.5 Å². The molecule has 1 saturated heterocycles. The van der Waals surface area contributed by atoms with Crippen molar-refractivity contribution >= 4 is 24.2 Å². The van der Waals surface area contributed by atoms with E-state index in [1.807, 2.05) is 0 Å². The van der Waals surface area contributed by atoms with Crippen molar-refractivity contribution in [1.82, 2.24) is 5.32 Å². The Bertz CT molecular complexity index is 494. The standard InChI is InChI=1S/C11H12N2O5.ClH/c1-17-10-3-2-7(6-9(10)13(15)16)8-4-5-18-11(14)12-8;/h2-3,6,8H,4-5H2,1H3,(H,12,14);1H/t8-;/m1./s1. The minimum atomic E-state index is -0.510. The summed E-state index contributed by atoms with van der Waals surface area (Å²) in [5.74, 6) is 0.196. The van der Waals surface area contributed by atoms with Crippen molar-refractivity contribution in [3.8, 4) is 5.75 Å². The normalized spacial score (nSPS) is 17.7. The number of carbonyl (C=O) groups is 1. The minimum Gasteiger partial charge on any atom is -0.490 e. The number of alkyl carbamates (subject to hydrolysis) is 1. The van der Waals surface area contributed by atoms with Gasteiger partial charge in [0, 0.05) is 12.5 Å². The summed E-state index contributed by atoms with van der Waals surface area (Å²) in [6.07, 6.45) is 0.0691. The molecule has 0 aromatic heterocycles. The number of nitrogens with zero attached hydrogens (tertiary/aromatic N) is 1. The summed E-state index contributed by atoms with van der Waals surface area (Å²) in [6, 6.07) is 4.36. The molecule has 0 saturated carbocycles. The van der Waals surface area contributed by atoms with Gasteiger partial charge in [-0.1, -0.05) is 6.07 Å². The molecular formula is C11H13ClN2O5. The predicted molar refractivity (Wildman–Crippen MR) is 68.7 cm³/mol. The lowest BCUT2D eigenvalue weighted by atomic mass is 10.0. The Hall–Kier alpha value is -2.02. The second-order valence-corrected chi connectivity index (χ2v) is 3.81. The van der Waals surface area contributed by atoms with Gasteiger partial charge in [0.05, 0.1) is 24.7 Å². The molecule has 1 aromatic rings. The maximum Gasteiger partial charge on any atom is 0.407 e. The second-order valence-electron chi connectivity index (χ2n) is 3.81. The van der Waals surface area contributed by atoms with E-state index in [0.29, 0.717) is 18.6 Å². The summed E-state index contributed by atoms with van der Waals surface area (Å²) in [7, 11) is 1.37. The third-order valence-corrected chi connectivity index (χ3v) is 2.73. The zero-order valence-corrected chi connectivity index (χ0v) is 10.9. The van der Waals surface area contributed by atoms with Gasteiger partial charge in [0.15, 0.2) is 5.75 Å². The van der Waals surface area contributed by atoms with Crippen LogP contribution in [0.25, 0.3) is 0 Å². The van der Waals surface area contributed by atoms with Crippen molar-refractivity contribution in [3.63, 3.8) is 0 Å². The molecule has 1 atom stereocenters. The Balaban J connectivity index is 0.00000180. The molecule has 0 radical (unpaired) electrons. The van der Waals surface area contributed by atoms with Gasteiger partial charge < -0.3 is 14.8 Å². The molecule has 7 nitrogen and oxygen atoms in total. The van der Waals surface area contributed by atoms with E-state index in [4.69, 9.17) is 9.47 Å². The molecule has 1 aliphatic rings. The lowest BCUT2D eigenvalue weighted by Crippen LogP contribution is -2.35. The number of benzene rings is 1. The number of ether oxygens (including phenoxy) is 2. The van der Waals surface area contributed by atoms with Crippen LogP contribution in [0.1, 0.15) is 18.0 Å². The van der Waals surface area contributed by atoms with Gasteiger partial charge in [0.1, 0.15) is 0 Å². The highest BCUT2D eigenvalue weighted by molar-refractivity contribution is 5.85. The van der Waals surface area contributed by atoms with E-state index >= 15 is 0 Å². The number of rotatable bonds is 3. The van der Waals surface area contributed by atoms with Crippen LogP contribution in [0.3, 0.4) is 0 Å². The maximum absolute atomic E-state index is 11.1. The summed E-state index contributed by atoms with van der Waals surface area (Å²) in [4.78, 5) is 21.5. The smallest absolute Gasteiger partial charge is 0.407 e. The fourth-order valence-electron chi connectivity index (χ4n) is 1.84. The van der Waals surface area contributed by atoms with Crippen LogP contribution in [-0.2, 0) is 4.74 Å². The molecule has 8 heteroatoms. The highest BCUT2D eigenvalue weighted by Gasteiger charge is 2.24. The first-order valence-electron chi connectivity index (χ1n) is 5.37. The summed E-state index contributed by atoms with van der Waals surface area (Å²) in [5, 5.41) is 13.5. The van der Waals surface area contributed by atoms with Gasteiger partial charge in [-0.05, 0) is 11.6 Å². The highest BCUT2D eigenvalue weighted by Crippen LogP contribution is 2.31. The van der Waals surface area contributed by atoms with E-state index in [0.717, 1.165) is 0 Å². The minimum absolute atomic E-state index is 0. The van der Waals surface area contributed by atoms with E-state index in [1.54, 1.807) is 6.07 Å². The molecule has 2 rings (SSSR count). The molecule has 1 N–H and O–H groups in total. The Morgan fingerprint density at radius 2 is 2.26 bits per heavy atom. The van der Waals surface area contributed by atoms with E-state index in [9.17, 15) is 14.9 Å². The number of nitrogens with one attached hydrogen (secondary N) is 1. The molecule has 0 unspecified atom stereocenters. The van der Waals surface area contributed by atoms with Gasteiger partial charge in [-0.25, -0.2) is 4.79 Å². The van der Waals surface area contributed by atoms with Crippen LogP contribution >= 0.6 is 12.4 Å². The zero-order valence-electron chi connectivity index (χ0n) is 10.1. The SMILES string of the molecule is COc1ccc([C@H]2CCOC(=O)N2)cc1[N+](=O)[O-].Cl. The van der Waals surface area contributed by atoms with Gasteiger partial charge in [-0.2, -0.15) is 0 Å². The number of halogens is 1. The first-order valence-corrected chi connectivity index (χ1v) is 5.37. The van der Waals surface area contributed by atoms with Gasteiger partial charge in [0.25, 0.3) is 0 Å². The van der Waals surface area contributed by atoms with Crippen LogP contribution in [0.4, 0.5) is 10.5 Å². The van der Waals surface area contributed by atoms with Gasteiger partial charge >= 0.3 is 11.8 Å². The van der Waals surface area contributed by atoms with E-state index in [-0.39, 0.29) is 29.9 Å². The van der Waals surface area contributed by atoms with Crippen LogP contribution in [-0.4, -0.2) is 24.7 Å². The fraction of sp³-hybridized carbons (Fsp3) is 0.364. The zero-order chi connectivity index (χ0) is 13.1. The number of carbonyl (C=O) groups excluding carboxylic acids is 1. The number of methoxy groups -OCH3 is 1. The predicted octanol–water partition coefficient (Wildman–Crippen LogP) is 2.20. The summed E-state index contributed by atoms with van der Waals surface area (Å²) in [5.41, 5.74) is 0.551. The topological polar surface area (TPSA) is 90.7 Å². The summed E-state index contributed by atoms with van der Waals surface area (Å²) < 4.78 is 9.66. The molecule has 1 fully saturated rings. The summed E-state index contributed by atoms with van der Waals surface area (Å²) >= 11 is 0. The molecule has 0 aliphatic carbocycles. The Morgan fingerprint density at radius 3 is 2.84 bits per heavy atom. The third kappa shape index (κ3) is 3.25. The van der Waals surface area contributed by atoms with Crippen molar-refractivity contribution in [2.75, 3.05) is 13.7 Å². The molecule has 0 spiro atoms. The number of amides is 1. The van der Waals surface area contributed by atoms with Gasteiger partial charge in [-0.15, -0.1) is 12.4 Å². The van der Waals surface area contributed by atoms with Gasteiger partial charge in [-0.3, -0.25) is 10.1 Å². The molecule has 1 amide bonds. The first-order chi connectivity index (χ1) is 8.61. The molecular weight excluding hydrogens is 276 g/mol. The maximum atomic E-state index is 11.1. The van der Waals surface area contributed by atoms with Crippen molar-refractivity contribution in [1.29, 1.82) is 0 Å². The van der Waals surface area contributed by atoms with E-state index in [2.05, 4.69) is 5.32 Å². The van der Waals surface area contributed by atoms with Crippen molar-refractivity contribution in [3.05, 3.63) is 33.9 Å². The number of cyclic esters (lactones) is 1. The summed E-state index contributed by atoms with van der Waals surface area (Å²) in [6.45, 7) is 0.302. The quantitative estimate of drug-likeness (QED) is 0.680. The van der Waals surface area contributed by atoms with E-state index in [1.165, 1.54) is 19.2 Å². The first kappa shape index (κ1) is 15.0. The Kier molecular flexibility index (Phi) is 4.94. The largest absolute Gasteiger partial charge is 0.490 e. The lowest BCUT2D eigenvalue weighted by molar-refractivity contribution is -0.385.